The summed E-state index contributed by atoms with van der Waals surface area (Å²) >= 11 is 3.40. The SMILES string of the molecule is COc1ccc(N(C(=O)/C=C/c2ccc(OC)c(Br)c2)S(=O)(=O)c2ccc(C)cc2)cc1. The first-order chi connectivity index (χ1) is 15.3. The molecular formula is C24H22BrNO5S. The normalized spacial score (nSPS) is 11.4. The number of amides is 1. The Morgan fingerprint density at radius 2 is 1.59 bits per heavy atom. The number of hydrogen-bond donors (Lipinski definition) is 0. The van der Waals surface area contributed by atoms with Gasteiger partial charge in [0.25, 0.3) is 15.9 Å². The van der Waals surface area contributed by atoms with Gasteiger partial charge in [0.2, 0.25) is 0 Å². The molecule has 3 rings (SSSR count). The lowest BCUT2D eigenvalue weighted by molar-refractivity contribution is -0.113. The Balaban J connectivity index is 2.02. The van der Waals surface area contributed by atoms with Gasteiger partial charge in [-0.15, -0.1) is 0 Å². The molecule has 0 atom stereocenters. The van der Waals surface area contributed by atoms with Crippen LogP contribution in [-0.4, -0.2) is 28.5 Å². The predicted molar refractivity (Wildman–Crippen MR) is 129 cm³/mol. The van der Waals surface area contributed by atoms with Gasteiger partial charge < -0.3 is 9.47 Å². The minimum absolute atomic E-state index is 0.0212. The molecule has 0 aliphatic rings. The molecule has 0 N–H and O–H groups in total. The Bertz CT molecular complexity index is 1240. The summed E-state index contributed by atoms with van der Waals surface area (Å²) < 4.78 is 38.7. The molecule has 0 fully saturated rings. The molecule has 1 amide bonds. The smallest absolute Gasteiger partial charge is 0.271 e. The first-order valence-corrected chi connectivity index (χ1v) is 11.8. The average molecular weight is 516 g/mol. The molecule has 0 saturated heterocycles. The summed E-state index contributed by atoms with van der Waals surface area (Å²) in [6, 6.07) is 17.9. The maximum atomic E-state index is 13.4. The van der Waals surface area contributed by atoms with E-state index in [1.807, 2.05) is 6.92 Å². The summed E-state index contributed by atoms with van der Waals surface area (Å²) in [6.45, 7) is 1.86. The van der Waals surface area contributed by atoms with E-state index in [4.69, 9.17) is 9.47 Å². The summed E-state index contributed by atoms with van der Waals surface area (Å²) in [5.41, 5.74) is 1.82. The van der Waals surface area contributed by atoms with E-state index in [0.717, 1.165) is 9.87 Å². The van der Waals surface area contributed by atoms with Gasteiger partial charge in [0.15, 0.2) is 0 Å². The van der Waals surface area contributed by atoms with E-state index in [1.54, 1.807) is 55.7 Å². The number of methoxy groups -OCH3 is 2. The van der Waals surface area contributed by atoms with Gasteiger partial charge in [-0.25, -0.2) is 8.42 Å². The van der Waals surface area contributed by atoms with Gasteiger partial charge in [0.1, 0.15) is 11.5 Å². The number of rotatable bonds is 7. The molecule has 0 unspecified atom stereocenters. The lowest BCUT2D eigenvalue weighted by atomic mass is 10.2. The van der Waals surface area contributed by atoms with Crippen LogP contribution < -0.4 is 13.8 Å². The Labute approximate surface area is 196 Å². The van der Waals surface area contributed by atoms with E-state index < -0.39 is 15.9 Å². The van der Waals surface area contributed by atoms with Crippen molar-refractivity contribution in [3.05, 3.63) is 88.4 Å². The van der Waals surface area contributed by atoms with Gasteiger partial charge in [-0.2, -0.15) is 4.31 Å². The number of carbonyl (C=O) groups excluding carboxylic acids is 1. The molecule has 3 aromatic rings. The van der Waals surface area contributed by atoms with E-state index in [1.165, 1.54) is 37.5 Å². The van der Waals surface area contributed by atoms with Gasteiger partial charge in [0, 0.05) is 6.08 Å². The molecule has 0 heterocycles. The number of hydrogen-bond acceptors (Lipinski definition) is 5. The van der Waals surface area contributed by atoms with Crippen molar-refractivity contribution in [3.8, 4) is 11.5 Å². The highest BCUT2D eigenvalue weighted by molar-refractivity contribution is 9.10. The summed E-state index contributed by atoms with van der Waals surface area (Å²) in [5.74, 6) is 0.491. The van der Waals surface area contributed by atoms with Crippen LogP contribution in [0.25, 0.3) is 6.08 Å². The third kappa shape index (κ3) is 5.20. The molecule has 0 saturated carbocycles. The Morgan fingerprint density at radius 1 is 0.938 bits per heavy atom. The maximum absolute atomic E-state index is 13.4. The molecule has 0 radical (unpaired) electrons. The van der Waals surface area contributed by atoms with Crippen molar-refractivity contribution in [1.29, 1.82) is 0 Å². The molecule has 0 aliphatic carbocycles. The van der Waals surface area contributed by atoms with Crippen molar-refractivity contribution in [2.24, 2.45) is 0 Å². The number of carbonyl (C=O) groups is 1. The van der Waals surface area contributed by atoms with Crippen LogP contribution in [-0.2, 0) is 14.8 Å². The number of nitrogens with zero attached hydrogens (tertiary/aromatic N) is 1. The Morgan fingerprint density at radius 3 is 2.16 bits per heavy atom. The highest BCUT2D eigenvalue weighted by Gasteiger charge is 2.29. The first kappa shape index (κ1) is 23.6. The molecule has 3 aromatic carbocycles. The van der Waals surface area contributed by atoms with Crippen LogP contribution in [0.2, 0.25) is 0 Å². The Kier molecular flexibility index (Phi) is 7.37. The predicted octanol–water partition coefficient (Wildman–Crippen LogP) is 5.21. The molecule has 0 aliphatic heterocycles. The number of benzene rings is 3. The second-order valence-corrected chi connectivity index (χ2v) is 9.49. The standard InChI is InChI=1S/C24H22BrNO5S/c1-17-4-12-21(13-5-17)32(28,29)26(19-8-10-20(30-2)11-9-19)24(27)15-7-18-6-14-23(31-3)22(25)16-18/h4-16H,1-3H3/b15-7+. The highest BCUT2D eigenvalue weighted by Crippen LogP contribution is 2.28. The van der Waals surface area contributed by atoms with Crippen LogP contribution in [0.4, 0.5) is 5.69 Å². The van der Waals surface area contributed by atoms with Crippen molar-refractivity contribution in [2.45, 2.75) is 11.8 Å². The topological polar surface area (TPSA) is 72.9 Å². The maximum Gasteiger partial charge on any atom is 0.271 e. The van der Waals surface area contributed by atoms with Crippen molar-refractivity contribution in [1.82, 2.24) is 0 Å². The zero-order valence-electron chi connectivity index (χ0n) is 17.8. The van der Waals surface area contributed by atoms with E-state index >= 15 is 0 Å². The van der Waals surface area contributed by atoms with Crippen LogP contribution >= 0.6 is 15.9 Å². The summed E-state index contributed by atoms with van der Waals surface area (Å²) in [4.78, 5) is 13.2. The fraction of sp³-hybridized carbons (Fsp3) is 0.125. The van der Waals surface area contributed by atoms with Gasteiger partial charge >= 0.3 is 0 Å². The number of ether oxygens (including phenoxy) is 2. The number of sulfonamides is 1. The summed E-state index contributed by atoms with van der Waals surface area (Å²) in [7, 11) is -1.08. The molecule has 166 valence electrons. The van der Waals surface area contributed by atoms with E-state index in [2.05, 4.69) is 15.9 Å². The van der Waals surface area contributed by atoms with E-state index in [-0.39, 0.29) is 10.6 Å². The van der Waals surface area contributed by atoms with Crippen molar-refractivity contribution in [3.63, 3.8) is 0 Å². The summed E-state index contributed by atoms with van der Waals surface area (Å²) in [5, 5.41) is 0. The summed E-state index contributed by atoms with van der Waals surface area (Å²) in [6.07, 6.45) is 2.78. The number of anilines is 1. The lowest BCUT2D eigenvalue weighted by Gasteiger charge is -2.21. The van der Waals surface area contributed by atoms with E-state index in [9.17, 15) is 13.2 Å². The fourth-order valence-corrected chi connectivity index (χ4v) is 4.89. The van der Waals surface area contributed by atoms with Crippen LogP contribution in [0, 0.1) is 6.92 Å². The quantitative estimate of drug-likeness (QED) is 0.403. The second-order valence-electron chi connectivity index (χ2n) is 6.85. The van der Waals surface area contributed by atoms with Crippen molar-refractivity contribution in [2.75, 3.05) is 18.5 Å². The fourth-order valence-electron chi connectivity index (χ4n) is 2.94. The number of aryl methyl sites for hydroxylation is 1. The zero-order valence-corrected chi connectivity index (χ0v) is 20.2. The highest BCUT2D eigenvalue weighted by atomic mass is 79.9. The average Bonchev–Trinajstić information content (AvgIpc) is 2.78. The molecule has 8 heteroatoms. The molecule has 6 nitrogen and oxygen atoms in total. The van der Waals surface area contributed by atoms with Crippen LogP contribution in [0.15, 0.2) is 82.2 Å². The largest absolute Gasteiger partial charge is 0.497 e. The van der Waals surface area contributed by atoms with Gasteiger partial charge in [-0.05, 0) is 83.0 Å². The van der Waals surface area contributed by atoms with Gasteiger partial charge in [0.05, 0.1) is 29.3 Å². The third-order valence-electron chi connectivity index (χ3n) is 4.66. The third-order valence-corrected chi connectivity index (χ3v) is 7.02. The molecular weight excluding hydrogens is 494 g/mol. The van der Waals surface area contributed by atoms with Crippen molar-refractivity contribution < 1.29 is 22.7 Å². The minimum Gasteiger partial charge on any atom is -0.497 e. The Hall–Kier alpha value is -3.10. The van der Waals surface area contributed by atoms with Crippen LogP contribution in [0.5, 0.6) is 11.5 Å². The monoisotopic (exact) mass is 515 g/mol. The molecule has 0 bridgehead atoms. The van der Waals surface area contributed by atoms with Crippen LogP contribution in [0.3, 0.4) is 0 Å². The molecule has 0 spiro atoms. The van der Waals surface area contributed by atoms with Gasteiger partial charge in [-0.1, -0.05) is 23.8 Å². The van der Waals surface area contributed by atoms with Crippen molar-refractivity contribution >= 4 is 43.6 Å². The minimum atomic E-state index is -4.15. The second kappa shape index (κ2) is 10.0. The first-order valence-electron chi connectivity index (χ1n) is 9.58. The van der Waals surface area contributed by atoms with Crippen LogP contribution in [0.1, 0.15) is 11.1 Å². The van der Waals surface area contributed by atoms with E-state index in [0.29, 0.717) is 21.5 Å². The lowest BCUT2D eigenvalue weighted by Crippen LogP contribution is -2.35. The van der Waals surface area contributed by atoms with Gasteiger partial charge in [-0.3, -0.25) is 4.79 Å². The molecule has 32 heavy (non-hydrogen) atoms. The molecule has 0 aromatic heterocycles. The zero-order chi connectivity index (χ0) is 23.3. The number of halogens is 1.